The quantitative estimate of drug-likeness (QED) is 0.472. The third-order valence-electron chi connectivity index (χ3n) is 4.38. The van der Waals surface area contributed by atoms with Crippen molar-refractivity contribution in [1.29, 1.82) is 0 Å². The molecule has 28 heavy (non-hydrogen) atoms. The monoisotopic (exact) mass is 396 g/mol. The molecule has 0 radical (unpaired) electrons. The minimum Gasteiger partial charge on any atom is -0.258 e. The minimum atomic E-state index is -3.60. The largest absolute Gasteiger partial charge is 0.269 e. The van der Waals surface area contributed by atoms with Crippen molar-refractivity contribution in [2.45, 2.75) is 18.7 Å². The van der Waals surface area contributed by atoms with Crippen LogP contribution in [0.3, 0.4) is 0 Å². The number of nitro benzene ring substituents is 1. The maximum atomic E-state index is 12.4. The SMILES string of the molecule is CC(NS(=O)(=O)Cc1ccc([N+](=O)[O-])cc1)c1ccc(-c2ccccc2)cc1. The van der Waals surface area contributed by atoms with Gasteiger partial charge in [0.2, 0.25) is 10.0 Å². The highest BCUT2D eigenvalue weighted by molar-refractivity contribution is 7.88. The zero-order valence-electron chi connectivity index (χ0n) is 15.3. The van der Waals surface area contributed by atoms with E-state index in [-0.39, 0.29) is 11.4 Å². The Morgan fingerprint density at radius 2 is 1.46 bits per heavy atom. The lowest BCUT2D eigenvalue weighted by molar-refractivity contribution is -0.384. The van der Waals surface area contributed by atoms with Crippen LogP contribution in [0.25, 0.3) is 11.1 Å². The summed E-state index contributed by atoms with van der Waals surface area (Å²) < 4.78 is 27.5. The molecule has 0 amide bonds. The second kappa shape index (κ2) is 8.33. The van der Waals surface area contributed by atoms with Crippen LogP contribution in [0.1, 0.15) is 24.1 Å². The number of hydrogen-bond acceptors (Lipinski definition) is 4. The average Bonchev–Trinajstić information content (AvgIpc) is 2.68. The van der Waals surface area contributed by atoms with Crippen LogP contribution in [0.2, 0.25) is 0 Å². The number of hydrogen-bond donors (Lipinski definition) is 1. The van der Waals surface area contributed by atoms with Crippen LogP contribution in [-0.2, 0) is 15.8 Å². The standard InChI is InChI=1S/C21H20N2O4S/c1-16(18-9-11-20(12-10-18)19-5-3-2-4-6-19)22-28(26,27)15-17-7-13-21(14-8-17)23(24)25/h2-14,16,22H,15H2,1H3. The Morgan fingerprint density at radius 1 is 0.893 bits per heavy atom. The maximum absolute atomic E-state index is 12.4. The lowest BCUT2D eigenvalue weighted by Gasteiger charge is -2.15. The molecule has 0 saturated heterocycles. The summed E-state index contributed by atoms with van der Waals surface area (Å²) in [4.78, 5) is 10.2. The number of rotatable bonds is 7. The first-order valence-corrected chi connectivity index (χ1v) is 10.4. The van der Waals surface area contributed by atoms with Crippen LogP contribution >= 0.6 is 0 Å². The molecule has 0 aliphatic rings. The lowest BCUT2D eigenvalue weighted by Crippen LogP contribution is -2.28. The topological polar surface area (TPSA) is 89.3 Å². The van der Waals surface area contributed by atoms with E-state index < -0.39 is 21.0 Å². The molecular formula is C21H20N2O4S. The van der Waals surface area contributed by atoms with Crippen molar-refractivity contribution in [2.75, 3.05) is 0 Å². The first kappa shape index (κ1) is 19.7. The van der Waals surface area contributed by atoms with Crippen LogP contribution in [0.4, 0.5) is 5.69 Å². The number of nitro groups is 1. The van der Waals surface area contributed by atoms with Gasteiger partial charge in [-0.15, -0.1) is 0 Å². The van der Waals surface area contributed by atoms with Crippen LogP contribution in [-0.4, -0.2) is 13.3 Å². The van der Waals surface area contributed by atoms with Crippen LogP contribution in [0.5, 0.6) is 0 Å². The third-order valence-corrected chi connectivity index (χ3v) is 5.80. The second-order valence-electron chi connectivity index (χ2n) is 6.51. The van der Waals surface area contributed by atoms with Crippen molar-refractivity contribution in [3.05, 3.63) is 100 Å². The fourth-order valence-corrected chi connectivity index (χ4v) is 4.30. The first-order chi connectivity index (χ1) is 13.3. The van der Waals surface area contributed by atoms with Gasteiger partial charge in [-0.1, -0.05) is 66.7 Å². The molecule has 0 heterocycles. The zero-order chi connectivity index (χ0) is 20.1. The van der Waals surface area contributed by atoms with Crippen molar-refractivity contribution in [3.63, 3.8) is 0 Å². The van der Waals surface area contributed by atoms with E-state index >= 15 is 0 Å². The van der Waals surface area contributed by atoms with Gasteiger partial charge in [-0.3, -0.25) is 10.1 Å². The molecule has 1 atom stereocenters. The Labute approximate surface area is 164 Å². The molecule has 6 nitrogen and oxygen atoms in total. The smallest absolute Gasteiger partial charge is 0.258 e. The molecule has 144 valence electrons. The number of nitrogens with one attached hydrogen (secondary N) is 1. The number of benzene rings is 3. The van der Waals surface area contributed by atoms with Gasteiger partial charge in [0.05, 0.1) is 10.7 Å². The summed E-state index contributed by atoms with van der Waals surface area (Å²) in [5, 5.41) is 10.7. The number of sulfonamides is 1. The summed E-state index contributed by atoms with van der Waals surface area (Å²) in [5.74, 6) is -0.239. The van der Waals surface area contributed by atoms with Gasteiger partial charge < -0.3 is 0 Å². The van der Waals surface area contributed by atoms with Gasteiger partial charge in [-0.2, -0.15) is 0 Å². The van der Waals surface area contributed by atoms with E-state index in [4.69, 9.17) is 0 Å². The molecule has 7 heteroatoms. The molecule has 0 bridgehead atoms. The molecule has 0 aliphatic heterocycles. The normalized spacial score (nSPS) is 12.5. The Balaban J connectivity index is 1.67. The Kier molecular flexibility index (Phi) is 5.87. The van der Waals surface area contributed by atoms with E-state index in [0.717, 1.165) is 16.7 Å². The van der Waals surface area contributed by atoms with E-state index in [1.165, 1.54) is 24.3 Å². The van der Waals surface area contributed by atoms with Gasteiger partial charge in [0.15, 0.2) is 0 Å². The molecule has 0 spiro atoms. The van der Waals surface area contributed by atoms with Gasteiger partial charge in [-0.05, 0) is 29.2 Å². The van der Waals surface area contributed by atoms with Crippen LogP contribution < -0.4 is 4.72 Å². The maximum Gasteiger partial charge on any atom is 0.269 e. The van der Waals surface area contributed by atoms with Crippen molar-refractivity contribution in [2.24, 2.45) is 0 Å². The van der Waals surface area contributed by atoms with Crippen LogP contribution in [0.15, 0.2) is 78.9 Å². The second-order valence-corrected chi connectivity index (χ2v) is 8.26. The molecule has 3 aromatic rings. The minimum absolute atomic E-state index is 0.0685. The van der Waals surface area contributed by atoms with E-state index in [9.17, 15) is 18.5 Å². The third kappa shape index (κ3) is 5.03. The Bertz CT molecular complexity index is 1050. The fraction of sp³-hybridized carbons (Fsp3) is 0.143. The summed E-state index contributed by atoms with van der Waals surface area (Å²) in [6, 6.07) is 22.8. The van der Waals surface area contributed by atoms with E-state index in [2.05, 4.69) is 4.72 Å². The summed E-state index contributed by atoms with van der Waals surface area (Å²) >= 11 is 0. The van der Waals surface area contributed by atoms with Gasteiger partial charge in [0, 0.05) is 18.2 Å². The summed E-state index contributed by atoms with van der Waals surface area (Å²) in [6.45, 7) is 1.78. The molecule has 3 rings (SSSR count). The van der Waals surface area contributed by atoms with Gasteiger partial charge >= 0.3 is 0 Å². The molecule has 0 aliphatic carbocycles. The number of nitrogens with zero attached hydrogens (tertiary/aromatic N) is 1. The van der Waals surface area contributed by atoms with Gasteiger partial charge in [-0.25, -0.2) is 13.1 Å². The highest BCUT2D eigenvalue weighted by Gasteiger charge is 2.17. The molecular weight excluding hydrogens is 376 g/mol. The highest BCUT2D eigenvalue weighted by Crippen LogP contribution is 2.22. The Morgan fingerprint density at radius 3 is 2.04 bits per heavy atom. The molecule has 3 aromatic carbocycles. The van der Waals surface area contributed by atoms with Crippen molar-refractivity contribution in [3.8, 4) is 11.1 Å². The van der Waals surface area contributed by atoms with Gasteiger partial charge in [0.25, 0.3) is 5.69 Å². The predicted molar refractivity (Wildman–Crippen MR) is 109 cm³/mol. The fourth-order valence-electron chi connectivity index (χ4n) is 2.91. The average molecular weight is 396 g/mol. The predicted octanol–water partition coefficient (Wildman–Crippen LogP) is 4.44. The zero-order valence-corrected chi connectivity index (χ0v) is 16.1. The molecule has 0 aromatic heterocycles. The molecule has 0 fully saturated rings. The Hall–Kier alpha value is -3.03. The van der Waals surface area contributed by atoms with E-state index in [1.807, 2.05) is 54.6 Å². The molecule has 1 N–H and O–H groups in total. The summed E-state index contributed by atoms with van der Waals surface area (Å²) in [5.41, 5.74) is 3.43. The number of non-ortho nitro benzene ring substituents is 1. The van der Waals surface area contributed by atoms with E-state index in [1.54, 1.807) is 6.92 Å². The lowest BCUT2D eigenvalue weighted by atomic mass is 10.0. The van der Waals surface area contributed by atoms with Gasteiger partial charge in [0.1, 0.15) is 0 Å². The molecule has 1 unspecified atom stereocenters. The van der Waals surface area contributed by atoms with Crippen LogP contribution in [0, 0.1) is 10.1 Å². The van der Waals surface area contributed by atoms with E-state index in [0.29, 0.717) is 5.56 Å². The highest BCUT2D eigenvalue weighted by atomic mass is 32.2. The summed E-state index contributed by atoms with van der Waals surface area (Å²) in [6.07, 6.45) is 0. The first-order valence-electron chi connectivity index (χ1n) is 8.73. The summed E-state index contributed by atoms with van der Waals surface area (Å²) in [7, 11) is -3.60. The van der Waals surface area contributed by atoms with Crippen molar-refractivity contribution in [1.82, 2.24) is 4.72 Å². The van der Waals surface area contributed by atoms with Crippen molar-refractivity contribution < 1.29 is 13.3 Å². The van der Waals surface area contributed by atoms with Crippen molar-refractivity contribution >= 4 is 15.7 Å². The molecule has 0 saturated carbocycles.